The Hall–Kier alpha value is 0.0469. The van der Waals surface area contributed by atoms with Crippen molar-refractivity contribution in [3.8, 4) is 0 Å². The number of aliphatic hydroxyl groups excluding tert-OH is 1. The molecule has 0 unspecified atom stereocenters. The molecule has 1 saturated carbocycles. The Balaban J connectivity index is 2.34. The van der Waals surface area contributed by atoms with Gasteiger partial charge in [0, 0.05) is 0 Å². The lowest BCUT2D eigenvalue weighted by Gasteiger charge is -2.36. The lowest BCUT2D eigenvalue weighted by Crippen LogP contribution is -2.43. The molecule has 0 spiro atoms. The molecule has 114 valence electrons. The van der Waals surface area contributed by atoms with Gasteiger partial charge < -0.3 is 9.53 Å². The van der Waals surface area contributed by atoms with E-state index in [1.807, 2.05) is 0 Å². The van der Waals surface area contributed by atoms with Crippen molar-refractivity contribution >= 4 is 18.4 Å². The second kappa shape index (κ2) is 5.81. The molecule has 0 bridgehead atoms. The Morgan fingerprint density at radius 1 is 1.26 bits per heavy atom. The molecule has 5 nitrogen and oxygen atoms in total. The first-order chi connectivity index (χ1) is 8.46. The van der Waals surface area contributed by atoms with Gasteiger partial charge in [0.05, 0.1) is 18.5 Å². The number of aliphatic hydroxyl groups is 1. The van der Waals surface area contributed by atoms with Crippen molar-refractivity contribution < 1.29 is 22.1 Å². The molecule has 0 heterocycles. The largest absolute Gasteiger partial charge is 0.414 e. The number of rotatable bonds is 7. The van der Waals surface area contributed by atoms with Crippen LogP contribution in [0, 0.1) is 0 Å². The van der Waals surface area contributed by atoms with Crippen molar-refractivity contribution in [3.05, 3.63) is 0 Å². The van der Waals surface area contributed by atoms with Crippen molar-refractivity contribution in [2.24, 2.45) is 0 Å². The molecule has 19 heavy (non-hydrogen) atoms. The minimum absolute atomic E-state index is 0.0632. The molecule has 0 aromatic heterocycles. The van der Waals surface area contributed by atoms with Crippen LogP contribution < -0.4 is 0 Å². The van der Waals surface area contributed by atoms with E-state index >= 15 is 0 Å². The van der Waals surface area contributed by atoms with Crippen LogP contribution in [0.2, 0.25) is 18.1 Å². The summed E-state index contributed by atoms with van der Waals surface area (Å²) in [5.74, 6) is 0. The van der Waals surface area contributed by atoms with Crippen LogP contribution in [-0.2, 0) is 18.7 Å². The summed E-state index contributed by atoms with van der Waals surface area (Å²) in [6.45, 7) is 10.4. The number of hydrogen-bond donors (Lipinski definition) is 1. The van der Waals surface area contributed by atoms with Crippen molar-refractivity contribution in [1.82, 2.24) is 0 Å². The molecular weight excluding hydrogens is 284 g/mol. The summed E-state index contributed by atoms with van der Waals surface area (Å²) in [6, 6.07) is 0. The first-order valence-electron chi connectivity index (χ1n) is 6.66. The molecule has 0 saturated heterocycles. The maximum absolute atomic E-state index is 11.5. The lowest BCUT2D eigenvalue weighted by atomic mass is 10.2. The van der Waals surface area contributed by atoms with Gasteiger partial charge in [0.25, 0.3) is 10.1 Å². The fourth-order valence-corrected chi connectivity index (χ4v) is 3.49. The Morgan fingerprint density at radius 2 is 1.79 bits per heavy atom. The second-order valence-corrected chi connectivity index (χ2v) is 13.4. The van der Waals surface area contributed by atoms with Crippen LogP contribution in [0.3, 0.4) is 0 Å². The fourth-order valence-electron chi connectivity index (χ4n) is 1.20. The van der Waals surface area contributed by atoms with E-state index < -0.39 is 24.5 Å². The van der Waals surface area contributed by atoms with Crippen molar-refractivity contribution in [1.29, 1.82) is 0 Å². The molecule has 0 aromatic carbocycles. The van der Waals surface area contributed by atoms with E-state index in [1.54, 1.807) is 0 Å². The second-order valence-electron chi connectivity index (χ2n) is 6.70. The van der Waals surface area contributed by atoms with Crippen LogP contribution in [0.25, 0.3) is 0 Å². The van der Waals surface area contributed by atoms with E-state index in [0.717, 1.165) is 0 Å². The molecule has 0 radical (unpaired) electrons. The smallest absolute Gasteiger partial charge is 0.270 e. The van der Waals surface area contributed by atoms with Gasteiger partial charge in [-0.25, -0.2) is 0 Å². The van der Waals surface area contributed by atoms with Crippen LogP contribution in [-0.4, -0.2) is 46.4 Å². The summed E-state index contributed by atoms with van der Waals surface area (Å²) < 4.78 is 33.6. The van der Waals surface area contributed by atoms with Gasteiger partial charge in [0.2, 0.25) is 0 Å². The quantitative estimate of drug-likeness (QED) is 0.574. The third-order valence-electron chi connectivity index (χ3n) is 3.80. The van der Waals surface area contributed by atoms with E-state index in [1.165, 1.54) is 0 Å². The third kappa shape index (κ3) is 5.15. The number of hydrogen-bond acceptors (Lipinski definition) is 5. The Labute approximate surface area is 117 Å². The lowest BCUT2D eigenvalue weighted by molar-refractivity contribution is 0.0596. The maximum Gasteiger partial charge on any atom is 0.270 e. The highest BCUT2D eigenvalue weighted by Gasteiger charge is 2.39. The molecule has 1 fully saturated rings. The monoisotopic (exact) mass is 310 g/mol. The van der Waals surface area contributed by atoms with Gasteiger partial charge in [0.1, 0.15) is 6.10 Å². The van der Waals surface area contributed by atoms with Gasteiger partial charge in [-0.1, -0.05) is 20.8 Å². The van der Waals surface area contributed by atoms with Crippen molar-refractivity contribution in [2.45, 2.75) is 63.1 Å². The van der Waals surface area contributed by atoms with Gasteiger partial charge in [-0.2, -0.15) is 8.42 Å². The summed E-state index contributed by atoms with van der Waals surface area (Å²) >= 11 is 0. The van der Waals surface area contributed by atoms with Crippen molar-refractivity contribution in [2.75, 3.05) is 13.2 Å². The molecule has 0 aromatic rings. The summed E-state index contributed by atoms with van der Waals surface area (Å²) in [4.78, 5) is 0. The SMILES string of the molecule is CC(C)(C)[Si](C)(C)OC[C@H](O)COS(=O)(=O)C1CC1. The Bertz CT molecular complexity index is 395. The molecule has 1 aliphatic carbocycles. The first-order valence-corrected chi connectivity index (χ1v) is 11.0. The molecule has 7 heteroatoms. The summed E-state index contributed by atoms with van der Waals surface area (Å²) in [5, 5.41) is 9.45. The molecule has 1 aliphatic rings. The highest BCUT2D eigenvalue weighted by atomic mass is 32.2. The zero-order chi connectivity index (χ0) is 14.9. The summed E-state index contributed by atoms with van der Waals surface area (Å²) in [6.07, 6.45) is 0.431. The Kier molecular flexibility index (Phi) is 5.23. The van der Waals surface area contributed by atoms with Gasteiger partial charge in [-0.3, -0.25) is 4.18 Å². The maximum atomic E-state index is 11.5. The van der Waals surface area contributed by atoms with Gasteiger partial charge >= 0.3 is 0 Å². The molecule has 1 atom stereocenters. The average molecular weight is 310 g/mol. The zero-order valence-corrected chi connectivity index (χ0v) is 14.3. The normalized spacial score (nSPS) is 19.5. The van der Waals surface area contributed by atoms with Gasteiger partial charge in [-0.15, -0.1) is 0 Å². The Morgan fingerprint density at radius 3 is 2.21 bits per heavy atom. The van der Waals surface area contributed by atoms with Gasteiger partial charge in [-0.05, 0) is 31.0 Å². The topological polar surface area (TPSA) is 72.8 Å². The standard InChI is InChI=1S/C12H26O5SSi/c1-12(2,3)19(4,5)17-9-10(13)8-16-18(14,15)11-6-7-11/h10-11,13H,6-9H2,1-5H3/t10-/m1/s1. The van der Waals surface area contributed by atoms with Crippen LogP contribution in [0.5, 0.6) is 0 Å². The highest BCUT2D eigenvalue weighted by Crippen LogP contribution is 2.36. The molecule has 1 rings (SSSR count). The van der Waals surface area contributed by atoms with Crippen LogP contribution in [0.1, 0.15) is 33.6 Å². The van der Waals surface area contributed by atoms with E-state index in [0.29, 0.717) is 12.8 Å². The zero-order valence-electron chi connectivity index (χ0n) is 12.5. The third-order valence-corrected chi connectivity index (χ3v) is 10.1. The average Bonchev–Trinajstić information content (AvgIpc) is 3.06. The predicted octanol–water partition coefficient (Wildman–Crippen LogP) is 1.88. The fraction of sp³-hybridized carbons (Fsp3) is 1.00. The van der Waals surface area contributed by atoms with E-state index in [9.17, 15) is 13.5 Å². The predicted molar refractivity (Wildman–Crippen MR) is 77.0 cm³/mol. The van der Waals surface area contributed by atoms with E-state index in [-0.39, 0.29) is 23.5 Å². The molecule has 1 N–H and O–H groups in total. The van der Waals surface area contributed by atoms with E-state index in [4.69, 9.17) is 8.61 Å². The van der Waals surface area contributed by atoms with Crippen LogP contribution in [0.15, 0.2) is 0 Å². The molecule has 0 amide bonds. The minimum atomic E-state index is -3.47. The highest BCUT2D eigenvalue weighted by molar-refractivity contribution is 7.87. The summed E-state index contributed by atoms with van der Waals surface area (Å²) in [5.41, 5.74) is 0. The van der Waals surface area contributed by atoms with Crippen LogP contribution in [0.4, 0.5) is 0 Å². The van der Waals surface area contributed by atoms with Crippen LogP contribution >= 0.6 is 0 Å². The summed E-state index contributed by atoms with van der Waals surface area (Å²) in [7, 11) is -5.39. The minimum Gasteiger partial charge on any atom is -0.414 e. The van der Waals surface area contributed by atoms with E-state index in [2.05, 4.69) is 33.9 Å². The van der Waals surface area contributed by atoms with Crippen molar-refractivity contribution in [3.63, 3.8) is 0 Å². The van der Waals surface area contributed by atoms with Gasteiger partial charge in [0.15, 0.2) is 8.32 Å². The molecule has 0 aliphatic heterocycles. The molecular formula is C12H26O5SSi. The first kappa shape index (κ1) is 17.1.